The third-order valence-electron chi connectivity index (χ3n) is 5.44. The Bertz CT molecular complexity index is 772. The van der Waals surface area contributed by atoms with Crippen LogP contribution >= 0.6 is 0 Å². The Balaban J connectivity index is 1.48. The molecule has 1 amide bonds. The summed E-state index contributed by atoms with van der Waals surface area (Å²) in [6.45, 7) is 6.33. The van der Waals surface area contributed by atoms with E-state index in [0.717, 1.165) is 38.9 Å². The van der Waals surface area contributed by atoms with Crippen molar-refractivity contribution in [2.75, 3.05) is 13.1 Å². The molecule has 2 unspecified atom stereocenters. The molecule has 3 heterocycles. The summed E-state index contributed by atoms with van der Waals surface area (Å²) in [7, 11) is 0. The van der Waals surface area contributed by atoms with Crippen LogP contribution in [0.15, 0.2) is 28.8 Å². The highest BCUT2D eigenvalue weighted by Crippen LogP contribution is 2.31. The van der Waals surface area contributed by atoms with Gasteiger partial charge in [-0.15, -0.1) is 0 Å². The molecule has 25 heavy (non-hydrogen) atoms. The molecule has 0 bridgehead atoms. The van der Waals surface area contributed by atoms with E-state index >= 15 is 0 Å². The van der Waals surface area contributed by atoms with E-state index in [9.17, 15) is 4.79 Å². The van der Waals surface area contributed by atoms with Gasteiger partial charge in [-0.05, 0) is 37.3 Å². The summed E-state index contributed by atoms with van der Waals surface area (Å²) in [5.41, 5.74) is 2.74. The highest BCUT2D eigenvalue weighted by molar-refractivity contribution is 5.82. The van der Waals surface area contributed by atoms with Crippen molar-refractivity contribution >= 4 is 5.91 Å². The lowest BCUT2D eigenvalue weighted by atomic mass is 9.98. The number of benzene rings is 1. The van der Waals surface area contributed by atoms with E-state index in [2.05, 4.69) is 39.3 Å². The maximum atomic E-state index is 13.1. The van der Waals surface area contributed by atoms with E-state index in [1.165, 1.54) is 11.1 Å². The van der Waals surface area contributed by atoms with Crippen molar-refractivity contribution in [1.29, 1.82) is 0 Å². The van der Waals surface area contributed by atoms with Crippen LogP contribution in [0.5, 0.6) is 0 Å². The molecule has 6 heteroatoms. The van der Waals surface area contributed by atoms with Gasteiger partial charge in [0.2, 0.25) is 11.8 Å². The number of hydrogen-bond donors (Lipinski definition) is 0. The molecule has 4 rings (SSSR count). The zero-order valence-corrected chi connectivity index (χ0v) is 14.8. The number of carbonyl (C=O) groups excluding carboxylic acids is 1. The van der Waals surface area contributed by atoms with Crippen LogP contribution in [0.3, 0.4) is 0 Å². The van der Waals surface area contributed by atoms with Crippen molar-refractivity contribution in [3.05, 3.63) is 47.1 Å². The minimum Gasteiger partial charge on any atom is -0.340 e. The number of amides is 1. The molecule has 6 nitrogen and oxygen atoms in total. The van der Waals surface area contributed by atoms with Crippen molar-refractivity contribution in [2.24, 2.45) is 0 Å². The Morgan fingerprint density at radius 3 is 2.84 bits per heavy atom. The zero-order valence-electron chi connectivity index (χ0n) is 14.8. The van der Waals surface area contributed by atoms with Crippen LogP contribution in [0, 0.1) is 6.92 Å². The number of hydrogen-bond acceptors (Lipinski definition) is 5. The van der Waals surface area contributed by atoms with Gasteiger partial charge in [-0.1, -0.05) is 29.4 Å². The van der Waals surface area contributed by atoms with Crippen molar-refractivity contribution in [3.8, 4) is 0 Å². The molecule has 1 aromatic carbocycles. The van der Waals surface area contributed by atoms with E-state index in [0.29, 0.717) is 11.7 Å². The Hall–Kier alpha value is -2.21. The summed E-state index contributed by atoms with van der Waals surface area (Å²) in [5, 5.41) is 4.04. The first-order valence-corrected chi connectivity index (χ1v) is 9.05. The SMILES string of the molecule is Cc1nc(C2CCCN2C(=O)C(C)N2CCc3ccccc3C2)no1. The summed E-state index contributed by atoms with van der Waals surface area (Å²) < 4.78 is 5.11. The van der Waals surface area contributed by atoms with Crippen LogP contribution in [-0.2, 0) is 17.8 Å². The Labute approximate surface area is 147 Å². The average molecular weight is 340 g/mol. The Kier molecular flexibility index (Phi) is 4.29. The lowest BCUT2D eigenvalue weighted by Crippen LogP contribution is -2.48. The predicted octanol–water partition coefficient (Wildman–Crippen LogP) is 2.49. The molecular weight excluding hydrogens is 316 g/mol. The van der Waals surface area contributed by atoms with Crippen LogP contribution in [0.4, 0.5) is 0 Å². The number of likely N-dealkylation sites (tertiary alicyclic amines) is 1. The van der Waals surface area contributed by atoms with E-state index in [1.807, 2.05) is 11.8 Å². The second kappa shape index (κ2) is 6.59. The topological polar surface area (TPSA) is 62.5 Å². The monoisotopic (exact) mass is 340 g/mol. The van der Waals surface area contributed by atoms with E-state index < -0.39 is 0 Å². The molecule has 0 N–H and O–H groups in total. The van der Waals surface area contributed by atoms with Crippen LogP contribution in [0.2, 0.25) is 0 Å². The summed E-state index contributed by atoms with van der Waals surface area (Å²) >= 11 is 0. The first kappa shape index (κ1) is 16.3. The number of aromatic nitrogens is 2. The molecule has 2 aliphatic heterocycles. The maximum Gasteiger partial charge on any atom is 0.240 e. The van der Waals surface area contributed by atoms with Gasteiger partial charge in [0.1, 0.15) is 0 Å². The summed E-state index contributed by atoms with van der Waals surface area (Å²) in [6, 6.07) is 8.33. The normalized spacial score (nSPS) is 22.0. The number of nitrogens with zero attached hydrogens (tertiary/aromatic N) is 4. The van der Waals surface area contributed by atoms with Crippen LogP contribution in [0.1, 0.15) is 48.6 Å². The van der Waals surface area contributed by atoms with Gasteiger partial charge >= 0.3 is 0 Å². The molecule has 2 aliphatic rings. The molecule has 0 aliphatic carbocycles. The fourth-order valence-corrected chi connectivity index (χ4v) is 3.99. The van der Waals surface area contributed by atoms with Gasteiger partial charge in [-0.25, -0.2) is 0 Å². The fraction of sp³-hybridized carbons (Fsp3) is 0.526. The minimum absolute atomic E-state index is 0.0514. The molecule has 2 aromatic rings. The van der Waals surface area contributed by atoms with Gasteiger partial charge in [0.25, 0.3) is 0 Å². The third-order valence-corrected chi connectivity index (χ3v) is 5.44. The van der Waals surface area contributed by atoms with Gasteiger partial charge in [-0.2, -0.15) is 4.98 Å². The molecule has 1 saturated heterocycles. The van der Waals surface area contributed by atoms with Gasteiger partial charge in [-0.3, -0.25) is 9.69 Å². The van der Waals surface area contributed by atoms with E-state index in [1.54, 1.807) is 6.92 Å². The second-order valence-corrected chi connectivity index (χ2v) is 7.03. The van der Waals surface area contributed by atoms with Crippen molar-refractivity contribution in [2.45, 2.75) is 51.7 Å². The molecule has 0 radical (unpaired) electrons. The molecule has 132 valence electrons. The van der Waals surface area contributed by atoms with Crippen molar-refractivity contribution in [3.63, 3.8) is 0 Å². The number of aryl methyl sites for hydroxylation is 1. The lowest BCUT2D eigenvalue weighted by Gasteiger charge is -2.35. The standard InChI is InChI=1S/C19H24N4O2/c1-13(22-11-9-15-6-3-4-7-16(15)12-22)19(24)23-10-5-8-17(23)18-20-14(2)25-21-18/h3-4,6-7,13,17H,5,8-12H2,1-2H3. The average Bonchev–Trinajstić information content (AvgIpc) is 3.28. The maximum absolute atomic E-state index is 13.1. The summed E-state index contributed by atoms with van der Waals surface area (Å²) in [5.74, 6) is 1.36. The highest BCUT2D eigenvalue weighted by Gasteiger charge is 2.37. The quantitative estimate of drug-likeness (QED) is 0.859. The van der Waals surface area contributed by atoms with Crippen molar-refractivity contribution in [1.82, 2.24) is 19.9 Å². The minimum atomic E-state index is -0.137. The largest absolute Gasteiger partial charge is 0.340 e. The van der Waals surface area contributed by atoms with Gasteiger partial charge in [0, 0.05) is 26.6 Å². The molecule has 0 saturated carbocycles. The Morgan fingerprint density at radius 1 is 1.28 bits per heavy atom. The second-order valence-electron chi connectivity index (χ2n) is 7.03. The van der Waals surface area contributed by atoms with Gasteiger partial charge in [0.05, 0.1) is 12.1 Å². The summed E-state index contributed by atoms with van der Waals surface area (Å²) in [6.07, 6.45) is 2.89. The van der Waals surface area contributed by atoms with Crippen molar-refractivity contribution < 1.29 is 9.32 Å². The predicted molar refractivity (Wildman–Crippen MR) is 92.7 cm³/mol. The van der Waals surface area contributed by atoms with E-state index in [-0.39, 0.29) is 18.0 Å². The number of rotatable bonds is 3. The van der Waals surface area contributed by atoms with Crippen LogP contribution in [0.25, 0.3) is 0 Å². The molecule has 0 spiro atoms. The fourth-order valence-electron chi connectivity index (χ4n) is 3.99. The van der Waals surface area contributed by atoms with Crippen LogP contribution in [-0.4, -0.2) is 45.0 Å². The highest BCUT2D eigenvalue weighted by atomic mass is 16.5. The first-order valence-electron chi connectivity index (χ1n) is 9.05. The van der Waals surface area contributed by atoms with E-state index in [4.69, 9.17) is 4.52 Å². The smallest absolute Gasteiger partial charge is 0.240 e. The number of fused-ring (bicyclic) bond motifs is 1. The third kappa shape index (κ3) is 3.06. The molecule has 1 fully saturated rings. The molecule has 1 aromatic heterocycles. The Morgan fingerprint density at radius 2 is 2.08 bits per heavy atom. The van der Waals surface area contributed by atoms with Gasteiger partial charge in [0.15, 0.2) is 5.82 Å². The molecule has 2 atom stereocenters. The van der Waals surface area contributed by atoms with Crippen LogP contribution < -0.4 is 0 Å². The number of carbonyl (C=O) groups is 1. The zero-order chi connectivity index (χ0) is 17.4. The lowest BCUT2D eigenvalue weighted by molar-refractivity contribution is -0.138. The van der Waals surface area contributed by atoms with Gasteiger partial charge < -0.3 is 9.42 Å². The molecular formula is C19H24N4O2. The summed E-state index contributed by atoms with van der Waals surface area (Å²) in [4.78, 5) is 21.7. The first-order chi connectivity index (χ1) is 12.1.